The number of nitrogens with one attached hydrogen (secondary N) is 1. The Morgan fingerprint density at radius 1 is 1.08 bits per heavy atom. The van der Waals surface area contributed by atoms with E-state index in [1.807, 2.05) is 4.90 Å². The number of amides is 2. The van der Waals surface area contributed by atoms with Gasteiger partial charge in [-0.15, -0.1) is 10.2 Å². The Balaban J connectivity index is 1.45. The third-order valence-corrected chi connectivity index (χ3v) is 5.31. The van der Waals surface area contributed by atoms with Crippen LogP contribution in [0.3, 0.4) is 0 Å². The topological polar surface area (TPSA) is 63.1 Å². The van der Waals surface area contributed by atoms with Crippen molar-refractivity contribution in [2.45, 2.75) is 51.0 Å². The van der Waals surface area contributed by atoms with Crippen molar-refractivity contribution >= 4 is 11.7 Å². The lowest BCUT2D eigenvalue weighted by Gasteiger charge is -2.32. The van der Waals surface area contributed by atoms with Gasteiger partial charge in [-0.1, -0.05) is 6.42 Å². The third-order valence-electron chi connectivity index (χ3n) is 5.31. The smallest absolute Gasteiger partial charge is 0.321 e. The molecule has 0 saturated carbocycles. The average molecular weight is 357 g/mol. The molecule has 138 valence electrons. The molecule has 6 nitrogen and oxygen atoms in total. The maximum Gasteiger partial charge on any atom is 0.321 e. The third kappa shape index (κ3) is 3.57. The summed E-state index contributed by atoms with van der Waals surface area (Å²) in [6.07, 6.45) is 6.55. The first kappa shape index (κ1) is 17.0. The highest BCUT2D eigenvalue weighted by Crippen LogP contribution is 2.28. The molecule has 4 rings (SSSR count). The predicted octanol–water partition coefficient (Wildman–Crippen LogP) is 3.56. The van der Waals surface area contributed by atoms with Gasteiger partial charge in [0.1, 0.15) is 17.5 Å². The zero-order valence-electron chi connectivity index (χ0n) is 14.8. The average Bonchev–Trinajstić information content (AvgIpc) is 2.92. The monoisotopic (exact) mass is 357 g/mol. The summed E-state index contributed by atoms with van der Waals surface area (Å²) in [5.41, 5.74) is 0.606. The summed E-state index contributed by atoms with van der Waals surface area (Å²) in [4.78, 5) is 14.4. The summed E-state index contributed by atoms with van der Waals surface area (Å²) in [7, 11) is 0. The van der Waals surface area contributed by atoms with Crippen LogP contribution in [0.15, 0.2) is 24.3 Å². The number of urea groups is 1. The van der Waals surface area contributed by atoms with Crippen molar-refractivity contribution in [1.82, 2.24) is 19.7 Å². The van der Waals surface area contributed by atoms with Crippen LogP contribution in [0, 0.1) is 5.82 Å². The summed E-state index contributed by atoms with van der Waals surface area (Å²) in [5.74, 6) is 2.03. The lowest BCUT2D eigenvalue weighted by atomic mass is 9.97. The Morgan fingerprint density at radius 2 is 1.92 bits per heavy atom. The molecule has 1 atom stereocenters. The van der Waals surface area contributed by atoms with E-state index in [9.17, 15) is 9.18 Å². The Kier molecular flexibility index (Phi) is 4.86. The number of piperidine rings is 1. The fourth-order valence-corrected chi connectivity index (χ4v) is 3.92. The number of nitrogens with zero attached hydrogens (tertiary/aromatic N) is 4. The number of halogens is 1. The summed E-state index contributed by atoms with van der Waals surface area (Å²) >= 11 is 0. The molecule has 0 bridgehead atoms. The van der Waals surface area contributed by atoms with E-state index in [1.165, 1.54) is 31.4 Å². The van der Waals surface area contributed by atoms with E-state index in [-0.39, 0.29) is 17.8 Å². The van der Waals surface area contributed by atoms with E-state index in [1.54, 1.807) is 12.1 Å². The van der Waals surface area contributed by atoms with E-state index in [2.05, 4.69) is 20.1 Å². The number of anilines is 1. The molecule has 1 saturated heterocycles. The SMILES string of the molecule is O=C(Nc1ccc(F)cc1)N1CCC[C@H](c2nnc3n2CCCCC3)C1. The van der Waals surface area contributed by atoms with Gasteiger partial charge in [-0.3, -0.25) is 0 Å². The highest BCUT2D eigenvalue weighted by atomic mass is 19.1. The second-order valence-corrected chi connectivity index (χ2v) is 7.16. The highest BCUT2D eigenvalue weighted by Gasteiger charge is 2.29. The van der Waals surface area contributed by atoms with Crippen LogP contribution in [0.5, 0.6) is 0 Å². The lowest BCUT2D eigenvalue weighted by Crippen LogP contribution is -2.42. The number of fused-ring (bicyclic) bond motifs is 1. The number of aromatic nitrogens is 3. The molecule has 1 N–H and O–H groups in total. The Hall–Kier alpha value is -2.44. The van der Waals surface area contributed by atoms with Crippen LogP contribution >= 0.6 is 0 Å². The Labute approximate surface area is 152 Å². The first-order valence-electron chi connectivity index (χ1n) is 9.44. The van der Waals surface area contributed by atoms with Gasteiger partial charge in [0.25, 0.3) is 0 Å². The minimum atomic E-state index is -0.312. The Bertz CT molecular complexity index is 773. The second kappa shape index (κ2) is 7.43. The molecular formula is C19H24FN5O. The maximum atomic E-state index is 13.0. The molecule has 2 aliphatic rings. The zero-order valence-corrected chi connectivity index (χ0v) is 14.8. The van der Waals surface area contributed by atoms with Crippen molar-refractivity contribution in [3.05, 3.63) is 41.7 Å². The van der Waals surface area contributed by atoms with Crippen molar-refractivity contribution in [3.63, 3.8) is 0 Å². The van der Waals surface area contributed by atoms with Gasteiger partial charge in [0, 0.05) is 37.7 Å². The van der Waals surface area contributed by atoms with Crippen molar-refractivity contribution in [3.8, 4) is 0 Å². The standard InChI is InChI=1S/C19H24FN5O/c20-15-7-9-16(10-8-15)21-19(26)24-11-4-5-14(13-24)18-23-22-17-6-2-1-3-12-25(17)18/h7-10,14H,1-6,11-13H2,(H,21,26)/t14-/m0/s1. The number of likely N-dealkylation sites (tertiary alicyclic amines) is 1. The van der Waals surface area contributed by atoms with Crippen LogP contribution in [-0.4, -0.2) is 38.8 Å². The Morgan fingerprint density at radius 3 is 2.77 bits per heavy atom. The number of hydrogen-bond donors (Lipinski definition) is 1. The van der Waals surface area contributed by atoms with Gasteiger partial charge in [0.2, 0.25) is 0 Å². The van der Waals surface area contributed by atoms with Gasteiger partial charge >= 0.3 is 6.03 Å². The molecule has 26 heavy (non-hydrogen) atoms. The van der Waals surface area contributed by atoms with Crippen LogP contribution < -0.4 is 5.32 Å². The molecule has 2 aromatic rings. The van der Waals surface area contributed by atoms with Crippen molar-refractivity contribution < 1.29 is 9.18 Å². The maximum absolute atomic E-state index is 13.0. The van der Waals surface area contributed by atoms with E-state index in [0.29, 0.717) is 12.2 Å². The van der Waals surface area contributed by atoms with E-state index in [0.717, 1.165) is 44.0 Å². The molecular weight excluding hydrogens is 333 g/mol. The van der Waals surface area contributed by atoms with Crippen molar-refractivity contribution in [2.75, 3.05) is 18.4 Å². The highest BCUT2D eigenvalue weighted by molar-refractivity contribution is 5.89. The summed E-state index contributed by atoms with van der Waals surface area (Å²) in [6, 6.07) is 5.71. The number of carbonyl (C=O) groups excluding carboxylic acids is 1. The molecule has 1 aromatic heterocycles. The molecule has 1 fully saturated rings. The lowest BCUT2D eigenvalue weighted by molar-refractivity contribution is 0.190. The summed E-state index contributed by atoms with van der Waals surface area (Å²) in [6.45, 7) is 2.35. The number of benzene rings is 1. The van der Waals surface area contributed by atoms with E-state index < -0.39 is 0 Å². The normalized spacial score (nSPS) is 20.3. The van der Waals surface area contributed by atoms with Crippen molar-refractivity contribution in [1.29, 1.82) is 0 Å². The molecule has 0 aliphatic carbocycles. The van der Waals surface area contributed by atoms with Gasteiger partial charge in [0.15, 0.2) is 0 Å². The van der Waals surface area contributed by atoms with Gasteiger partial charge in [-0.25, -0.2) is 9.18 Å². The molecule has 0 radical (unpaired) electrons. The van der Waals surface area contributed by atoms with Crippen LogP contribution in [-0.2, 0) is 13.0 Å². The van der Waals surface area contributed by atoms with E-state index >= 15 is 0 Å². The quantitative estimate of drug-likeness (QED) is 0.894. The number of rotatable bonds is 2. The van der Waals surface area contributed by atoms with Gasteiger partial charge in [0.05, 0.1) is 0 Å². The van der Waals surface area contributed by atoms with Gasteiger partial charge in [-0.2, -0.15) is 0 Å². The molecule has 2 aliphatic heterocycles. The summed E-state index contributed by atoms with van der Waals surface area (Å²) < 4.78 is 15.3. The molecule has 1 aromatic carbocycles. The molecule has 0 spiro atoms. The minimum absolute atomic E-state index is 0.142. The second-order valence-electron chi connectivity index (χ2n) is 7.16. The minimum Gasteiger partial charge on any atom is -0.324 e. The van der Waals surface area contributed by atoms with E-state index in [4.69, 9.17) is 0 Å². The number of carbonyl (C=O) groups is 1. The van der Waals surface area contributed by atoms with Crippen LogP contribution in [0.4, 0.5) is 14.9 Å². The van der Waals surface area contributed by atoms with Gasteiger partial charge < -0.3 is 14.8 Å². The number of hydrogen-bond acceptors (Lipinski definition) is 3. The van der Waals surface area contributed by atoms with Crippen LogP contribution in [0.2, 0.25) is 0 Å². The fraction of sp³-hybridized carbons (Fsp3) is 0.526. The van der Waals surface area contributed by atoms with Crippen molar-refractivity contribution in [2.24, 2.45) is 0 Å². The fourth-order valence-electron chi connectivity index (χ4n) is 3.92. The molecule has 7 heteroatoms. The van der Waals surface area contributed by atoms with Gasteiger partial charge in [-0.05, 0) is 49.9 Å². The first-order valence-corrected chi connectivity index (χ1v) is 9.44. The first-order chi connectivity index (χ1) is 12.7. The van der Waals surface area contributed by atoms with Crippen LogP contribution in [0.1, 0.15) is 49.7 Å². The molecule has 3 heterocycles. The number of aryl methyl sites for hydroxylation is 1. The predicted molar refractivity (Wildman–Crippen MR) is 96.5 cm³/mol. The zero-order chi connectivity index (χ0) is 17.9. The molecule has 0 unspecified atom stereocenters. The van der Waals surface area contributed by atoms with Crippen LogP contribution in [0.25, 0.3) is 0 Å². The largest absolute Gasteiger partial charge is 0.324 e. The molecule has 2 amide bonds. The summed E-state index contributed by atoms with van der Waals surface area (Å²) in [5, 5.41) is 11.7.